The van der Waals surface area contributed by atoms with Crippen molar-refractivity contribution in [3.05, 3.63) is 58.1 Å². The predicted octanol–water partition coefficient (Wildman–Crippen LogP) is 3.60. The minimum Gasteiger partial charge on any atom is -0.399 e. The summed E-state index contributed by atoms with van der Waals surface area (Å²) in [5.41, 5.74) is 8.83. The summed E-state index contributed by atoms with van der Waals surface area (Å²) in [5, 5.41) is 0.477. The van der Waals surface area contributed by atoms with Crippen LogP contribution in [0, 0.1) is 6.92 Å². The molecule has 3 rings (SSSR count). The number of carbonyl (C=O) groups excluding carboxylic acids is 2. The van der Waals surface area contributed by atoms with Gasteiger partial charge in [0.05, 0.1) is 12.1 Å². The fourth-order valence-electron chi connectivity index (χ4n) is 2.55. The zero-order chi connectivity index (χ0) is 15.1. The Morgan fingerprint density at radius 2 is 1.86 bits per heavy atom. The van der Waals surface area contributed by atoms with E-state index in [1.165, 1.54) is 4.90 Å². The van der Waals surface area contributed by atoms with Gasteiger partial charge in [-0.1, -0.05) is 25.1 Å². The third-order valence-corrected chi connectivity index (χ3v) is 3.79. The van der Waals surface area contributed by atoms with Crippen molar-refractivity contribution in [1.29, 1.82) is 0 Å². The highest BCUT2D eigenvalue weighted by atomic mass is 35.5. The molecular weight excluding hydrogens is 300 g/mol. The number of hydrogen-bond donors (Lipinski definition) is 1. The Morgan fingerprint density at radius 1 is 1.14 bits per heavy atom. The van der Waals surface area contributed by atoms with Gasteiger partial charge in [-0.3, -0.25) is 9.59 Å². The van der Waals surface area contributed by atoms with E-state index in [0.29, 0.717) is 27.5 Å². The molecule has 1 heterocycles. The number of hydrogen-bond acceptors (Lipinski definition) is 3. The maximum absolute atomic E-state index is 12.6. The Morgan fingerprint density at radius 3 is 2.55 bits per heavy atom. The molecule has 2 N–H and O–H groups in total. The van der Waals surface area contributed by atoms with E-state index in [4.69, 9.17) is 17.3 Å². The van der Waals surface area contributed by atoms with Crippen molar-refractivity contribution in [3.63, 3.8) is 0 Å². The smallest absolute Gasteiger partial charge is 0.265 e. The Kier molecular flexibility index (Phi) is 4.24. The van der Waals surface area contributed by atoms with E-state index in [0.717, 1.165) is 5.56 Å². The third-order valence-electron chi connectivity index (χ3n) is 3.56. The molecule has 0 saturated carbocycles. The Labute approximate surface area is 134 Å². The molecule has 1 aliphatic rings. The first kappa shape index (κ1) is 16.0. The number of nitrogen functional groups attached to an aromatic ring is 1. The van der Waals surface area contributed by atoms with Gasteiger partial charge >= 0.3 is 0 Å². The van der Waals surface area contributed by atoms with E-state index in [1.807, 2.05) is 6.92 Å². The Balaban J connectivity index is 0.00000176. The van der Waals surface area contributed by atoms with Crippen LogP contribution in [0.3, 0.4) is 0 Å². The van der Waals surface area contributed by atoms with E-state index < -0.39 is 0 Å². The van der Waals surface area contributed by atoms with Crippen LogP contribution in [0.2, 0.25) is 5.02 Å². The zero-order valence-corrected chi connectivity index (χ0v) is 12.1. The zero-order valence-electron chi connectivity index (χ0n) is 11.4. The van der Waals surface area contributed by atoms with Crippen molar-refractivity contribution in [1.82, 2.24) is 0 Å². The Hall–Kier alpha value is -2.33. The minimum atomic E-state index is -0.350. The van der Waals surface area contributed by atoms with Gasteiger partial charge in [0.1, 0.15) is 0 Å². The molecule has 2 aromatic carbocycles. The van der Waals surface area contributed by atoms with Crippen LogP contribution in [-0.2, 0) is 11.2 Å². The number of halogens is 1. The number of amides is 2. The summed E-state index contributed by atoms with van der Waals surface area (Å²) in [7, 11) is 0. The van der Waals surface area contributed by atoms with Crippen LogP contribution in [-0.4, -0.2) is 11.8 Å². The van der Waals surface area contributed by atoms with E-state index in [-0.39, 0.29) is 25.7 Å². The van der Waals surface area contributed by atoms with Crippen LogP contribution in [0.5, 0.6) is 0 Å². The highest BCUT2D eigenvalue weighted by molar-refractivity contribution is 6.32. The lowest BCUT2D eigenvalue weighted by atomic mass is 9.97. The molecule has 4 nitrogen and oxygen atoms in total. The lowest BCUT2D eigenvalue weighted by molar-refractivity contribution is -0.117. The van der Waals surface area contributed by atoms with Gasteiger partial charge in [-0.25, -0.2) is 4.90 Å². The average molecular weight is 317 g/mol. The number of anilines is 2. The highest BCUT2D eigenvalue weighted by Gasteiger charge is 2.32. The summed E-state index contributed by atoms with van der Waals surface area (Å²) in [6, 6.07) is 10.1. The second-order valence-electron chi connectivity index (χ2n) is 5.06. The number of fused-ring (bicyclic) bond motifs is 1. The SMILES string of the molecule is C.Cc1cc(N)ccc1N1C(=O)Cc2ccc(Cl)cc2C1=O. The molecule has 0 aliphatic carbocycles. The molecular formula is C17H17ClN2O2. The minimum absolute atomic E-state index is 0. The molecule has 1 aliphatic heterocycles. The number of rotatable bonds is 1. The summed E-state index contributed by atoms with van der Waals surface area (Å²) in [5.74, 6) is -0.598. The number of aryl methyl sites for hydroxylation is 1. The van der Waals surface area contributed by atoms with Crippen LogP contribution in [0.25, 0.3) is 0 Å². The van der Waals surface area contributed by atoms with E-state index >= 15 is 0 Å². The van der Waals surface area contributed by atoms with E-state index in [9.17, 15) is 9.59 Å². The van der Waals surface area contributed by atoms with Crippen LogP contribution < -0.4 is 10.6 Å². The quantitative estimate of drug-likeness (QED) is 0.646. The molecule has 2 amide bonds. The first-order chi connectivity index (χ1) is 9.97. The lowest BCUT2D eigenvalue weighted by Crippen LogP contribution is -2.42. The van der Waals surface area contributed by atoms with Gasteiger partial charge in [-0.15, -0.1) is 0 Å². The second kappa shape index (κ2) is 5.81. The third kappa shape index (κ3) is 2.57. The molecule has 0 atom stereocenters. The summed E-state index contributed by atoms with van der Waals surface area (Å²) < 4.78 is 0. The molecule has 0 saturated heterocycles. The second-order valence-corrected chi connectivity index (χ2v) is 5.49. The van der Waals surface area contributed by atoms with Gasteiger partial charge in [0, 0.05) is 16.3 Å². The monoisotopic (exact) mass is 316 g/mol. The largest absolute Gasteiger partial charge is 0.399 e. The number of nitrogens with zero attached hydrogens (tertiary/aromatic N) is 1. The number of nitrogens with two attached hydrogens (primary N) is 1. The Bertz CT molecular complexity index is 771. The molecule has 0 bridgehead atoms. The lowest BCUT2D eigenvalue weighted by Gasteiger charge is -2.28. The summed E-state index contributed by atoms with van der Waals surface area (Å²) in [4.78, 5) is 26.2. The van der Waals surface area contributed by atoms with Gasteiger partial charge < -0.3 is 5.73 Å². The van der Waals surface area contributed by atoms with Gasteiger partial charge in [-0.05, 0) is 48.4 Å². The fourth-order valence-corrected chi connectivity index (χ4v) is 2.72. The van der Waals surface area contributed by atoms with Crippen LogP contribution in [0.4, 0.5) is 11.4 Å². The van der Waals surface area contributed by atoms with E-state index in [1.54, 1.807) is 36.4 Å². The van der Waals surface area contributed by atoms with Crippen LogP contribution in [0.1, 0.15) is 28.9 Å². The van der Waals surface area contributed by atoms with Crippen molar-refractivity contribution in [2.75, 3.05) is 10.6 Å². The summed E-state index contributed by atoms with van der Waals surface area (Å²) in [6.07, 6.45) is 0.183. The molecule has 0 aromatic heterocycles. The topological polar surface area (TPSA) is 63.4 Å². The highest BCUT2D eigenvalue weighted by Crippen LogP contribution is 2.30. The van der Waals surface area contributed by atoms with Gasteiger partial charge in [0.2, 0.25) is 5.91 Å². The average Bonchev–Trinajstić information content (AvgIpc) is 2.42. The van der Waals surface area contributed by atoms with Crippen LogP contribution in [0.15, 0.2) is 36.4 Å². The molecule has 0 radical (unpaired) electrons. The van der Waals surface area contributed by atoms with E-state index in [2.05, 4.69) is 0 Å². The standard InChI is InChI=1S/C16H13ClN2O2.CH4/c1-9-6-12(18)4-5-14(9)19-15(20)7-10-2-3-11(17)8-13(10)16(19)21;/h2-6,8H,7,18H2,1H3;1H4. The van der Waals surface area contributed by atoms with Crippen molar-refractivity contribution < 1.29 is 9.59 Å². The first-order valence-electron chi connectivity index (χ1n) is 6.49. The summed E-state index contributed by atoms with van der Waals surface area (Å²) in [6.45, 7) is 1.82. The van der Waals surface area contributed by atoms with Crippen molar-refractivity contribution in [3.8, 4) is 0 Å². The predicted molar refractivity (Wildman–Crippen MR) is 89.3 cm³/mol. The molecule has 114 valence electrons. The molecule has 0 spiro atoms. The molecule has 5 heteroatoms. The maximum Gasteiger partial charge on any atom is 0.265 e. The molecule has 0 fully saturated rings. The first-order valence-corrected chi connectivity index (χ1v) is 6.87. The van der Waals surface area contributed by atoms with Gasteiger partial charge in [-0.2, -0.15) is 0 Å². The number of benzene rings is 2. The number of imide groups is 1. The van der Waals surface area contributed by atoms with Crippen molar-refractivity contribution >= 4 is 34.8 Å². The van der Waals surface area contributed by atoms with Gasteiger partial charge in [0.15, 0.2) is 0 Å². The normalized spacial score (nSPS) is 13.6. The molecule has 0 unspecified atom stereocenters. The summed E-state index contributed by atoms with van der Waals surface area (Å²) >= 11 is 5.95. The van der Waals surface area contributed by atoms with Crippen molar-refractivity contribution in [2.24, 2.45) is 0 Å². The van der Waals surface area contributed by atoms with Crippen molar-refractivity contribution in [2.45, 2.75) is 20.8 Å². The fraction of sp³-hybridized carbons (Fsp3) is 0.176. The van der Waals surface area contributed by atoms with Gasteiger partial charge in [0.25, 0.3) is 5.91 Å². The molecule has 22 heavy (non-hydrogen) atoms. The molecule has 2 aromatic rings. The number of carbonyl (C=O) groups is 2. The van der Waals surface area contributed by atoms with Crippen LogP contribution >= 0.6 is 11.6 Å². The maximum atomic E-state index is 12.6.